The van der Waals surface area contributed by atoms with Crippen molar-refractivity contribution in [2.24, 2.45) is 0 Å². The van der Waals surface area contributed by atoms with Gasteiger partial charge in [0.05, 0.1) is 0 Å². The van der Waals surface area contributed by atoms with Crippen LogP contribution in [0.15, 0.2) is 0 Å². The topological polar surface area (TPSA) is 6.48 Å². The van der Waals surface area contributed by atoms with E-state index in [-0.39, 0.29) is 0 Å². The van der Waals surface area contributed by atoms with Gasteiger partial charge in [-0.3, -0.25) is 0 Å². The minimum absolute atomic E-state index is 1.27. The van der Waals surface area contributed by atoms with Crippen LogP contribution >= 0.6 is 0 Å². The summed E-state index contributed by atoms with van der Waals surface area (Å²) in [7, 11) is -5.09. The van der Waals surface area contributed by atoms with Crippen molar-refractivity contribution in [1.82, 2.24) is 6.62 Å². The molecule has 120 valence electrons. The summed E-state index contributed by atoms with van der Waals surface area (Å²) in [6.07, 6.45) is 0. The Morgan fingerprint density at radius 1 is 0.421 bits per heavy atom. The Hall–Kier alpha value is 1.28. The Morgan fingerprint density at radius 3 is 0.684 bits per heavy atom. The standard InChI is InChI=1S/2C6H18NSi2.Ni/c2*1-8(2,3)7-9(4,5)6;/h2*1-6H3;/q2*-1;+2. The zero-order valence-corrected chi connectivity index (χ0v) is 20.2. The number of hydrogen-bond acceptors (Lipinski definition) is 2. The quantitative estimate of drug-likeness (QED) is 0.609. The summed E-state index contributed by atoms with van der Waals surface area (Å²) < 4.78 is 5.76. The number of nitrogens with zero attached hydrogens (tertiary/aromatic N) is 2. The van der Waals surface area contributed by atoms with Crippen molar-refractivity contribution in [2.75, 3.05) is 0 Å². The van der Waals surface area contributed by atoms with E-state index in [0.29, 0.717) is 0 Å². The Labute approximate surface area is 132 Å². The van der Waals surface area contributed by atoms with Crippen molar-refractivity contribution in [3.8, 4) is 0 Å². The fraction of sp³-hybridized carbons (Fsp3) is 1.00. The van der Waals surface area contributed by atoms with Gasteiger partial charge < -0.3 is 0 Å². The molecule has 2 nitrogen and oxygen atoms in total. The van der Waals surface area contributed by atoms with Crippen molar-refractivity contribution in [1.29, 1.82) is 0 Å². The molecule has 0 atom stereocenters. The normalized spacial score (nSPS) is 15.7. The van der Waals surface area contributed by atoms with Gasteiger partial charge in [-0.05, 0) is 0 Å². The summed E-state index contributed by atoms with van der Waals surface area (Å²) in [6, 6.07) is 0. The molecule has 0 radical (unpaired) electrons. The van der Waals surface area contributed by atoms with Crippen LogP contribution in [-0.2, 0) is 14.9 Å². The molecular formula is C12H36N2NiSi4. The van der Waals surface area contributed by atoms with Crippen molar-refractivity contribution in [2.45, 2.75) is 78.6 Å². The average Bonchev–Trinajstić information content (AvgIpc) is 1.91. The third-order valence-corrected chi connectivity index (χ3v) is 24.1. The van der Waals surface area contributed by atoms with E-state index in [1.165, 1.54) is 0 Å². The molecule has 0 aromatic heterocycles. The van der Waals surface area contributed by atoms with Crippen LogP contribution in [0.2, 0.25) is 78.6 Å². The molecule has 0 aromatic carbocycles. The Balaban J connectivity index is 5.43. The number of hydrogen-bond donors (Lipinski definition) is 0. The molecule has 0 saturated carbocycles. The molecule has 0 heterocycles. The summed E-state index contributed by atoms with van der Waals surface area (Å²) in [5, 5.41) is 0. The third kappa shape index (κ3) is 6.72. The van der Waals surface area contributed by atoms with E-state index in [9.17, 15) is 0 Å². The molecule has 0 aromatic rings. The summed E-state index contributed by atoms with van der Waals surface area (Å²) in [5.74, 6) is 0. The van der Waals surface area contributed by atoms with Crippen LogP contribution in [0.5, 0.6) is 0 Å². The van der Waals surface area contributed by atoms with Crippen LogP contribution in [0.1, 0.15) is 0 Å². The molecule has 0 rings (SSSR count). The molecule has 0 saturated heterocycles. The average molecular weight is 379 g/mol. The van der Waals surface area contributed by atoms with Crippen LogP contribution in [0.3, 0.4) is 0 Å². The molecule has 0 aliphatic carbocycles. The summed E-state index contributed by atoms with van der Waals surface area (Å²) in [6.45, 7) is 30.0. The van der Waals surface area contributed by atoms with Crippen LogP contribution in [0.25, 0.3) is 0 Å². The van der Waals surface area contributed by atoms with E-state index < -0.39 is 32.9 Å². The fourth-order valence-electron chi connectivity index (χ4n) is 2.46. The van der Waals surface area contributed by atoms with E-state index in [2.05, 4.69) is 85.2 Å². The first kappa shape index (κ1) is 20.3. The molecule has 0 fully saturated rings. The first-order valence-corrected chi connectivity index (χ1v) is 21.8. The predicted molar refractivity (Wildman–Crippen MR) is 97.1 cm³/mol. The molecule has 0 unspecified atom stereocenters. The predicted octanol–water partition coefficient (Wildman–Crippen LogP) is 4.84. The Morgan fingerprint density at radius 2 is 0.579 bits per heavy atom. The van der Waals surface area contributed by atoms with Crippen molar-refractivity contribution < 1.29 is 14.9 Å². The van der Waals surface area contributed by atoms with Gasteiger partial charge in [-0.1, -0.05) is 0 Å². The molecule has 0 bridgehead atoms. The van der Waals surface area contributed by atoms with E-state index in [1.807, 2.05) is 14.9 Å². The summed E-state index contributed by atoms with van der Waals surface area (Å²) >= 11 is 1.91. The second-order valence-corrected chi connectivity index (χ2v) is 31.8. The van der Waals surface area contributed by atoms with Crippen LogP contribution in [0, 0.1) is 0 Å². The molecule has 0 spiro atoms. The molecule has 0 aliphatic heterocycles. The molecule has 7 heteroatoms. The minimum atomic E-state index is -1.27. The first-order chi connectivity index (χ1) is 7.97. The molecule has 0 amide bonds. The van der Waals surface area contributed by atoms with Gasteiger partial charge in [0.25, 0.3) is 0 Å². The fourth-order valence-corrected chi connectivity index (χ4v) is 25.2. The first-order valence-electron chi connectivity index (χ1n) is 7.18. The van der Waals surface area contributed by atoms with Gasteiger partial charge >= 0.3 is 133 Å². The zero-order valence-electron chi connectivity index (χ0n) is 15.2. The maximum absolute atomic E-state index is 2.88. The van der Waals surface area contributed by atoms with E-state index in [4.69, 9.17) is 0 Å². The SMILES string of the molecule is C[Si](C)(C)[N]([Ni][N]([Si](C)(C)C)[Si](C)(C)C)[Si](C)(C)C. The van der Waals surface area contributed by atoms with Gasteiger partial charge in [-0.2, -0.15) is 0 Å². The maximum atomic E-state index is 2.88. The van der Waals surface area contributed by atoms with Gasteiger partial charge in [0.15, 0.2) is 0 Å². The summed E-state index contributed by atoms with van der Waals surface area (Å²) in [5.41, 5.74) is 0. The van der Waals surface area contributed by atoms with Crippen molar-refractivity contribution >= 4 is 32.9 Å². The van der Waals surface area contributed by atoms with Crippen molar-refractivity contribution in [3.05, 3.63) is 0 Å². The van der Waals surface area contributed by atoms with Gasteiger partial charge in [0.1, 0.15) is 0 Å². The van der Waals surface area contributed by atoms with Crippen LogP contribution in [-0.4, -0.2) is 39.6 Å². The Kier molecular flexibility index (Phi) is 6.60. The van der Waals surface area contributed by atoms with Gasteiger partial charge in [0, 0.05) is 0 Å². The second-order valence-electron chi connectivity index (χ2n) is 9.25. The Bertz CT molecular complexity index is 239. The van der Waals surface area contributed by atoms with Gasteiger partial charge in [0.2, 0.25) is 0 Å². The summed E-state index contributed by atoms with van der Waals surface area (Å²) in [4.78, 5) is 0. The van der Waals surface area contributed by atoms with Gasteiger partial charge in [-0.15, -0.1) is 0 Å². The van der Waals surface area contributed by atoms with Crippen LogP contribution < -0.4 is 0 Å². The zero-order chi connectivity index (χ0) is 15.9. The molecule has 0 aliphatic rings. The monoisotopic (exact) mass is 378 g/mol. The third-order valence-electron chi connectivity index (χ3n) is 2.32. The van der Waals surface area contributed by atoms with E-state index in [0.717, 1.165) is 0 Å². The van der Waals surface area contributed by atoms with Crippen molar-refractivity contribution in [3.63, 3.8) is 0 Å². The van der Waals surface area contributed by atoms with Gasteiger partial charge in [-0.25, -0.2) is 0 Å². The van der Waals surface area contributed by atoms with E-state index >= 15 is 0 Å². The molecule has 0 N–H and O–H groups in total. The molecular weight excluding hydrogens is 343 g/mol. The molecule has 19 heavy (non-hydrogen) atoms. The van der Waals surface area contributed by atoms with E-state index in [1.54, 1.807) is 0 Å². The number of rotatable bonds is 6. The van der Waals surface area contributed by atoms with Crippen LogP contribution in [0.4, 0.5) is 0 Å². The second kappa shape index (κ2) is 6.18.